The molecule has 23 heavy (non-hydrogen) atoms. The number of nitrogens with zero attached hydrogens (tertiary/aromatic N) is 3. The van der Waals surface area contributed by atoms with Crippen LogP contribution in [0.2, 0.25) is 0 Å². The lowest BCUT2D eigenvalue weighted by molar-refractivity contribution is -0.104. The summed E-state index contributed by atoms with van der Waals surface area (Å²) in [5.74, 6) is 0.926. The molecule has 0 saturated heterocycles. The lowest BCUT2D eigenvalue weighted by Crippen LogP contribution is -2.03. The third-order valence-corrected chi connectivity index (χ3v) is 3.38. The molecule has 0 atom stereocenters. The second-order valence-electron chi connectivity index (χ2n) is 5.36. The molecule has 0 aliphatic rings. The minimum Gasteiger partial charge on any atom is -0.383 e. The van der Waals surface area contributed by atoms with Gasteiger partial charge in [0.05, 0.1) is 11.4 Å². The molecule has 0 spiro atoms. The molecule has 1 aromatic carbocycles. The van der Waals surface area contributed by atoms with Gasteiger partial charge in [0.2, 0.25) is 0 Å². The van der Waals surface area contributed by atoms with Crippen molar-refractivity contribution in [3.8, 4) is 5.69 Å². The summed E-state index contributed by atoms with van der Waals surface area (Å²) in [4.78, 5) is 12.6. The molecule has 0 bridgehead atoms. The van der Waals surface area contributed by atoms with Crippen molar-refractivity contribution in [3.63, 3.8) is 0 Å². The molecule has 0 saturated carbocycles. The van der Waals surface area contributed by atoms with Gasteiger partial charge in [-0.1, -0.05) is 18.2 Å². The van der Waals surface area contributed by atoms with E-state index in [-0.39, 0.29) is 0 Å². The summed E-state index contributed by atoms with van der Waals surface area (Å²) in [6.45, 7) is 2.02. The van der Waals surface area contributed by atoms with Gasteiger partial charge in [-0.05, 0) is 31.2 Å². The first-order valence-corrected chi connectivity index (χ1v) is 7.41. The average molecular weight is 310 g/mol. The molecule has 0 radical (unpaired) electrons. The first kappa shape index (κ1) is 16.5. The molecular formula is C18H22N4O. The molecular weight excluding hydrogens is 288 g/mol. The van der Waals surface area contributed by atoms with Gasteiger partial charge in [0.25, 0.3) is 0 Å². The lowest BCUT2D eigenvalue weighted by atomic mass is 10.1. The van der Waals surface area contributed by atoms with Crippen LogP contribution >= 0.6 is 0 Å². The van der Waals surface area contributed by atoms with Crippen molar-refractivity contribution in [1.82, 2.24) is 14.7 Å². The van der Waals surface area contributed by atoms with Crippen LogP contribution in [0.5, 0.6) is 0 Å². The van der Waals surface area contributed by atoms with Crippen LogP contribution in [0.4, 0.5) is 5.82 Å². The zero-order chi connectivity index (χ0) is 16.8. The molecule has 0 fully saturated rings. The van der Waals surface area contributed by atoms with Crippen molar-refractivity contribution in [2.24, 2.45) is 0 Å². The van der Waals surface area contributed by atoms with Crippen LogP contribution in [-0.2, 0) is 4.79 Å². The number of nitrogens with one attached hydrogen (secondary N) is 1. The molecule has 5 nitrogen and oxygen atoms in total. The van der Waals surface area contributed by atoms with Crippen molar-refractivity contribution < 1.29 is 4.79 Å². The number of hydrogen-bond acceptors (Lipinski definition) is 4. The van der Waals surface area contributed by atoms with Crippen LogP contribution in [0.15, 0.2) is 48.7 Å². The first-order valence-electron chi connectivity index (χ1n) is 7.41. The fraction of sp³-hybridized carbons (Fsp3) is 0.222. The van der Waals surface area contributed by atoms with Crippen molar-refractivity contribution in [2.75, 3.05) is 26.5 Å². The Morgan fingerprint density at radius 2 is 1.96 bits per heavy atom. The zero-order valence-corrected chi connectivity index (χ0v) is 13.9. The molecule has 0 aliphatic carbocycles. The van der Waals surface area contributed by atoms with Gasteiger partial charge in [0, 0.05) is 38.5 Å². The summed E-state index contributed by atoms with van der Waals surface area (Å²) in [7, 11) is 5.76. The maximum Gasteiger partial charge on any atom is 0.142 e. The number of hydrogen-bond donors (Lipinski definition) is 1. The molecule has 0 amide bonds. The fourth-order valence-corrected chi connectivity index (χ4v) is 2.42. The maximum absolute atomic E-state index is 10.7. The number of para-hydroxylation sites is 1. The second-order valence-corrected chi connectivity index (χ2v) is 5.36. The SMILES string of the molecule is CNc1c(C)c(C(=CN(C)C)/C=C\C=O)nn1-c1ccccc1. The Labute approximate surface area is 136 Å². The van der Waals surface area contributed by atoms with E-state index in [0.29, 0.717) is 0 Å². The van der Waals surface area contributed by atoms with Gasteiger partial charge in [0.1, 0.15) is 12.1 Å². The highest BCUT2D eigenvalue weighted by atomic mass is 16.1. The van der Waals surface area contributed by atoms with E-state index in [0.717, 1.165) is 34.6 Å². The van der Waals surface area contributed by atoms with Crippen molar-refractivity contribution >= 4 is 17.7 Å². The number of allylic oxidation sites excluding steroid dienone is 3. The molecule has 0 aliphatic heterocycles. The summed E-state index contributed by atoms with van der Waals surface area (Å²) < 4.78 is 1.88. The van der Waals surface area contributed by atoms with E-state index in [4.69, 9.17) is 5.10 Å². The average Bonchev–Trinajstić information content (AvgIpc) is 2.88. The summed E-state index contributed by atoms with van der Waals surface area (Å²) in [5, 5.41) is 7.96. The van der Waals surface area contributed by atoms with E-state index in [1.165, 1.54) is 6.08 Å². The largest absolute Gasteiger partial charge is 0.383 e. The van der Waals surface area contributed by atoms with Gasteiger partial charge < -0.3 is 10.2 Å². The van der Waals surface area contributed by atoms with Crippen LogP contribution < -0.4 is 5.32 Å². The predicted molar refractivity (Wildman–Crippen MR) is 94.7 cm³/mol. The monoisotopic (exact) mass is 310 g/mol. The van der Waals surface area contributed by atoms with Gasteiger partial charge in [-0.2, -0.15) is 5.10 Å². The molecule has 120 valence electrons. The number of aromatic nitrogens is 2. The summed E-state index contributed by atoms with van der Waals surface area (Å²) in [5.41, 5.74) is 3.73. The Morgan fingerprint density at radius 1 is 1.26 bits per heavy atom. The van der Waals surface area contributed by atoms with Crippen LogP contribution in [-0.4, -0.2) is 42.1 Å². The summed E-state index contributed by atoms with van der Waals surface area (Å²) >= 11 is 0. The van der Waals surface area contributed by atoms with E-state index in [1.54, 1.807) is 6.08 Å². The Kier molecular flexibility index (Phi) is 5.36. The number of anilines is 1. The van der Waals surface area contributed by atoms with E-state index < -0.39 is 0 Å². The quantitative estimate of drug-likeness (QED) is 0.506. The number of carbonyl (C=O) groups excluding carboxylic acids is 1. The maximum atomic E-state index is 10.7. The number of aldehydes is 1. The highest BCUT2D eigenvalue weighted by Crippen LogP contribution is 2.28. The molecule has 1 aromatic heterocycles. The van der Waals surface area contributed by atoms with Gasteiger partial charge >= 0.3 is 0 Å². The van der Waals surface area contributed by atoms with E-state index in [2.05, 4.69) is 5.32 Å². The topological polar surface area (TPSA) is 50.2 Å². The van der Waals surface area contributed by atoms with Gasteiger partial charge in [-0.3, -0.25) is 4.79 Å². The minimum atomic E-state index is 0.770. The molecule has 1 heterocycles. The molecule has 2 rings (SSSR count). The second kappa shape index (κ2) is 7.45. The van der Waals surface area contributed by atoms with E-state index in [9.17, 15) is 4.79 Å². The van der Waals surface area contributed by atoms with Crippen LogP contribution in [0.3, 0.4) is 0 Å². The standard InChI is InChI=1S/C18H22N4O/c1-14-17(15(9-8-12-23)13-21(3)4)20-22(18(14)19-2)16-10-6-5-7-11-16/h5-13,19H,1-4H3/b9-8-,15-13?. The smallest absolute Gasteiger partial charge is 0.142 e. The van der Waals surface area contributed by atoms with Crippen molar-refractivity contribution in [2.45, 2.75) is 6.92 Å². The van der Waals surface area contributed by atoms with E-state index >= 15 is 0 Å². The molecule has 0 unspecified atom stereocenters. The van der Waals surface area contributed by atoms with Gasteiger partial charge in [0.15, 0.2) is 0 Å². The normalized spacial score (nSPS) is 11.7. The minimum absolute atomic E-state index is 0.770. The van der Waals surface area contributed by atoms with Crippen molar-refractivity contribution in [3.05, 3.63) is 59.9 Å². The van der Waals surface area contributed by atoms with Gasteiger partial charge in [-0.25, -0.2) is 4.68 Å². The van der Waals surface area contributed by atoms with Crippen LogP contribution in [0.1, 0.15) is 11.3 Å². The zero-order valence-electron chi connectivity index (χ0n) is 13.9. The van der Waals surface area contributed by atoms with E-state index in [1.807, 2.05) is 74.2 Å². The third-order valence-electron chi connectivity index (χ3n) is 3.38. The van der Waals surface area contributed by atoms with Crippen molar-refractivity contribution in [1.29, 1.82) is 0 Å². The van der Waals surface area contributed by atoms with Crippen LogP contribution in [0, 0.1) is 6.92 Å². The first-order chi connectivity index (χ1) is 11.1. The highest BCUT2D eigenvalue weighted by molar-refractivity contribution is 5.80. The van der Waals surface area contributed by atoms with Gasteiger partial charge in [-0.15, -0.1) is 0 Å². The Balaban J connectivity index is 2.61. The predicted octanol–water partition coefficient (Wildman–Crippen LogP) is 2.88. The summed E-state index contributed by atoms with van der Waals surface area (Å²) in [6, 6.07) is 9.95. The Hall–Kier alpha value is -2.82. The molecule has 2 aromatic rings. The Bertz CT molecular complexity index is 727. The van der Waals surface area contributed by atoms with Crippen LogP contribution in [0.25, 0.3) is 11.3 Å². The lowest BCUT2D eigenvalue weighted by Gasteiger charge is -2.07. The Morgan fingerprint density at radius 3 is 2.52 bits per heavy atom. The highest BCUT2D eigenvalue weighted by Gasteiger charge is 2.16. The fourth-order valence-electron chi connectivity index (χ4n) is 2.42. The molecule has 1 N–H and O–H groups in total. The number of benzene rings is 1. The number of rotatable bonds is 6. The third kappa shape index (κ3) is 3.69. The summed E-state index contributed by atoms with van der Waals surface area (Å²) in [6.07, 6.45) is 5.97. The number of carbonyl (C=O) groups is 1. The molecule has 5 heteroatoms.